The average Bonchev–Trinajstić information content (AvgIpc) is 0.828. The Morgan fingerprint density at radius 3 is 0.849 bits per heavy atom. The molecule has 3 aromatic heterocycles. The van der Waals surface area contributed by atoms with E-state index in [1.54, 1.807) is 0 Å². The lowest BCUT2D eigenvalue weighted by molar-refractivity contribution is 0.623. The fourth-order valence-electron chi connectivity index (χ4n) is 22.1. The zero-order chi connectivity index (χ0) is 91.3. The molecule has 0 saturated heterocycles. The third kappa shape index (κ3) is 13.3. The first-order valence-electron chi connectivity index (χ1n) is 47.5. The summed E-state index contributed by atoms with van der Waals surface area (Å²) in [6.07, 6.45) is 0. The number of nitrogens with zero attached hydrogens (tertiary/aromatic N) is 3. The lowest BCUT2D eigenvalue weighted by atomic mass is 9.89. The number of aromatic nitrogens is 3. The summed E-state index contributed by atoms with van der Waals surface area (Å²) in [4.78, 5) is 14.6. The molecule has 0 spiro atoms. The van der Waals surface area contributed by atoms with Crippen LogP contribution in [-0.4, -0.2) is 15.0 Å². The van der Waals surface area contributed by atoms with E-state index < -0.39 is 0 Å². The van der Waals surface area contributed by atoms with Crippen molar-refractivity contribution in [2.24, 2.45) is 0 Å². The Hall–Kier alpha value is -18.5. The third-order valence-electron chi connectivity index (χ3n) is 28.7. The second kappa shape index (κ2) is 32.1. The Labute approximate surface area is 798 Å². The van der Waals surface area contributed by atoms with Crippen molar-refractivity contribution < 1.29 is 13.3 Å². The highest BCUT2D eigenvalue weighted by molar-refractivity contribution is 6.28. The summed E-state index contributed by atoms with van der Waals surface area (Å²) >= 11 is 0. The van der Waals surface area contributed by atoms with E-state index in [1.807, 2.05) is 91.0 Å². The van der Waals surface area contributed by atoms with Crippen molar-refractivity contribution in [1.82, 2.24) is 15.0 Å². The van der Waals surface area contributed by atoms with Crippen LogP contribution in [0.4, 0.5) is 0 Å². The van der Waals surface area contributed by atoms with Crippen molar-refractivity contribution in [2.45, 2.75) is 0 Å². The maximum absolute atomic E-state index is 6.49. The van der Waals surface area contributed by atoms with Gasteiger partial charge in [0.25, 0.3) is 0 Å². The van der Waals surface area contributed by atoms with Crippen molar-refractivity contribution in [3.05, 3.63) is 479 Å². The van der Waals surface area contributed by atoms with Crippen LogP contribution in [0.1, 0.15) is 0 Å². The molecule has 0 unspecified atom stereocenters. The van der Waals surface area contributed by atoms with Crippen LogP contribution in [-0.2, 0) is 0 Å². The number of fused-ring (bicyclic) bond motifs is 29. The molecule has 0 bridgehead atoms. The van der Waals surface area contributed by atoms with Gasteiger partial charge in [0.05, 0.1) is 0 Å². The largest absolute Gasteiger partial charge is 0.435 e. The topological polar surface area (TPSA) is 78.1 Å². The molecule has 3 heterocycles. The van der Waals surface area contributed by atoms with E-state index in [-0.39, 0.29) is 0 Å². The maximum Gasteiger partial charge on any atom is 0.227 e. The highest BCUT2D eigenvalue weighted by Crippen LogP contribution is 2.52. The van der Waals surface area contributed by atoms with Gasteiger partial charge in [-0.2, -0.15) is 0 Å². The quantitative estimate of drug-likeness (QED) is 0.134. The Balaban J connectivity index is 0.000000103. The van der Waals surface area contributed by atoms with Gasteiger partial charge in [-0.25, -0.2) is 15.0 Å². The molecule has 1 aliphatic rings. The molecule has 0 N–H and O–H groups in total. The van der Waals surface area contributed by atoms with E-state index >= 15 is 0 Å². The molecule has 26 aromatic carbocycles. The molecule has 0 fully saturated rings. The van der Waals surface area contributed by atoms with E-state index in [0.717, 1.165) is 93.1 Å². The van der Waals surface area contributed by atoms with Gasteiger partial charge in [-0.3, -0.25) is 0 Å². The van der Waals surface area contributed by atoms with Crippen molar-refractivity contribution in [3.63, 3.8) is 0 Å². The molecule has 139 heavy (non-hydrogen) atoms. The highest BCUT2D eigenvalue weighted by Gasteiger charge is 2.26. The lowest BCUT2D eigenvalue weighted by Crippen LogP contribution is -1.87. The fraction of sp³-hybridized carbons (Fsp3) is 0. The van der Waals surface area contributed by atoms with Crippen LogP contribution >= 0.6 is 0 Å². The van der Waals surface area contributed by atoms with Gasteiger partial charge in [0.2, 0.25) is 17.7 Å². The molecular weight excluding hydrogens is 1690 g/mol. The van der Waals surface area contributed by atoms with Gasteiger partial charge in [0.1, 0.15) is 16.6 Å². The van der Waals surface area contributed by atoms with Gasteiger partial charge in [-0.15, -0.1) is 0 Å². The number of rotatable bonds is 9. The monoisotopic (exact) mass is 1770 g/mol. The van der Waals surface area contributed by atoms with E-state index in [0.29, 0.717) is 17.7 Å². The third-order valence-corrected chi connectivity index (χ3v) is 28.7. The van der Waals surface area contributed by atoms with Gasteiger partial charge in [-0.1, -0.05) is 376 Å². The second-order valence-corrected chi connectivity index (χ2v) is 36.6. The summed E-state index contributed by atoms with van der Waals surface area (Å²) in [5.74, 6) is 1.93. The molecule has 6 heteroatoms. The van der Waals surface area contributed by atoms with Crippen molar-refractivity contribution in [1.29, 1.82) is 0 Å². The number of oxazole rings is 3. The first kappa shape index (κ1) is 79.1. The Morgan fingerprint density at radius 2 is 0.388 bits per heavy atom. The van der Waals surface area contributed by atoms with Crippen LogP contribution in [0, 0.1) is 0 Å². The summed E-state index contributed by atoms with van der Waals surface area (Å²) < 4.78 is 19.4. The molecule has 644 valence electrons. The van der Waals surface area contributed by atoms with Crippen molar-refractivity contribution in [2.75, 3.05) is 0 Å². The standard InChI is InChI=1S/2C45H27NO.C43H25NO/c1-2-10-31(11-3-1)45-46-42-24-22-30-19-17-29-18-20-33(26-40(29)43(30)44(42)47-45)32-12-8-13-34(25-32)39-27-41-35-14-5-4-9-28(35)21-23-38(41)36-15-6-7-16-37(36)39;1-2-9-30(10-3-1)45-46-42-24-22-29-19-17-28-18-20-33(26-40(28)43(29)44(42)47-45)31-11-8-12-32(25-31)34-21-23-39-37-15-5-4-13-35(37)36-14-6-7-16-38(36)41(39)27-34;1-2-8-28(9-3-1)43-44-39-23-20-27-18-16-26-17-19-30(25-38(26)40(27)42(39)45-43)29-10-6-11-31(24-29)32-21-22-37-34-13-5-4-12-33(34)36-15-7-14-35(32)41(36)37/h2*1-27H;1-25H. The van der Waals surface area contributed by atoms with Gasteiger partial charge in [0.15, 0.2) is 16.7 Å². The number of hydrogen-bond acceptors (Lipinski definition) is 6. The Kier molecular flexibility index (Phi) is 18.3. The smallest absolute Gasteiger partial charge is 0.227 e. The predicted molar refractivity (Wildman–Crippen MR) is 583 cm³/mol. The Bertz CT molecular complexity index is 10100. The normalized spacial score (nSPS) is 11.9. The van der Waals surface area contributed by atoms with Gasteiger partial charge in [-0.05, 0) is 316 Å². The van der Waals surface area contributed by atoms with E-state index in [4.69, 9.17) is 28.2 Å². The fourth-order valence-corrected chi connectivity index (χ4v) is 22.1. The van der Waals surface area contributed by atoms with Crippen LogP contribution in [0.3, 0.4) is 0 Å². The average molecular weight is 1770 g/mol. The minimum atomic E-state index is 0.643. The first-order chi connectivity index (χ1) is 68.9. The molecule has 0 radical (unpaired) electrons. The van der Waals surface area contributed by atoms with Crippen molar-refractivity contribution >= 4 is 173 Å². The molecular formula is C133H79N3O3. The highest BCUT2D eigenvalue weighted by atomic mass is 16.4. The molecule has 1 aliphatic carbocycles. The summed E-state index contributed by atoms with van der Waals surface area (Å²) in [7, 11) is 0. The lowest BCUT2D eigenvalue weighted by Gasteiger charge is -2.14. The van der Waals surface area contributed by atoms with E-state index in [1.165, 1.54) is 186 Å². The van der Waals surface area contributed by atoms with Crippen LogP contribution in [0.2, 0.25) is 0 Å². The molecule has 0 saturated carbocycles. The van der Waals surface area contributed by atoms with Gasteiger partial charge >= 0.3 is 0 Å². The predicted octanol–water partition coefficient (Wildman–Crippen LogP) is 37.1. The molecule has 0 amide bonds. The molecule has 30 rings (SSSR count). The molecule has 0 atom stereocenters. The first-order valence-corrected chi connectivity index (χ1v) is 47.5. The summed E-state index contributed by atoms with van der Waals surface area (Å²) in [6, 6.07) is 172. The molecule has 0 aliphatic heterocycles. The van der Waals surface area contributed by atoms with Crippen molar-refractivity contribution in [3.8, 4) is 123 Å². The number of hydrogen-bond donors (Lipinski definition) is 0. The van der Waals surface area contributed by atoms with Crippen LogP contribution in [0.25, 0.3) is 297 Å². The SMILES string of the molecule is c1ccc(-c2nc3ccc4ccc5ccc(-c6cccc(-c7cc8c9ccccc9ccc8c8ccccc78)c6)cc5c4c3o2)cc1.c1ccc(-c2nc3ccc4ccc5ccc(-c6cccc(-c7ccc8c9c(cccc79)-c7ccccc7-8)c6)cc5c4c3o2)cc1.c1ccc(-c2nc3ccc4ccc5ccc(-c6cccc(-c7ccc8c9ccccc9c9ccccc9c8c7)c6)cc5c4c3o2)cc1. The van der Waals surface area contributed by atoms with Crippen LogP contribution in [0.5, 0.6) is 0 Å². The van der Waals surface area contributed by atoms with Gasteiger partial charge in [0, 0.05) is 32.8 Å². The zero-order valence-corrected chi connectivity index (χ0v) is 75.2. The molecule has 29 aromatic rings. The van der Waals surface area contributed by atoms with Gasteiger partial charge < -0.3 is 13.3 Å². The summed E-state index contributed by atoms with van der Waals surface area (Å²) in [6.45, 7) is 0. The number of benzene rings is 26. The maximum atomic E-state index is 6.49. The minimum absolute atomic E-state index is 0.643. The summed E-state index contributed by atoms with van der Waals surface area (Å²) in [5, 5.41) is 31.8. The van der Waals surface area contributed by atoms with E-state index in [2.05, 4.69) is 388 Å². The van der Waals surface area contributed by atoms with Crippen LogP contribution < -0.4 is 0 Å². The van der Waals surface area contributed by atoms with E-state index in [9.17, 15) is 0 Å². The molecule has 6 nitrogen and oxygen atoms in total. The zero-order valence-electron chi connectivity index (χ0n) is 75.2. The minimum Gasteiger partial charge on any atom is -0.435 e. The second-order valence-electron chi connectivity index (χ2n) is 36.6. The summed E-state index contributed by atoms with van der Waals surface area (Å²) in [5.41, 5.74) is 27.7. The van der Waals surface area contributed by atoms with Crippen LogP contribution in [0.15, 0.2) is 492 Å². The Morgan fingerprint density at radius 1 is 0.122 bits per heavy atom.